The van der Waals surface area contributed by atoms with E-state index in [0.29, 0.717) is 0 Å². The molecule has 0 amide bonds. The van der Waals surface area contributed by atoms with Gasteiger partial charge >= 0.3 is 0 Å². The van der Waals surface area contributed by atoms with Gasteiger partial charge in [-0.2, -0.15) is 0 Å². The van der Waals surface area contributed by atoms with Crippen LogP contribution in [0.15, 0.2) is 23.7 Å². The van der Waals surface area contributed by atoms with Crippen molar-refractivity contribution < 1.29 is 4.79 Å². The summed E-state index contributed by atoms with van der Waals surface area (Å²) in [4.78, 5) is 23.3. The molecule has 0 aliphatic rings. The lowest BCUT2D eigenvalue weighted by molar-refractivity contribution is -0.106. The highest BCUT2D eigenvalue weighted by atomic mass is 32.1. The molecule has 120 valence electrons. The SMILES string of the molecule is CC=O.Cc1ccc(Nc2nc(-c3sc(C)nc3C)cs2)nc1. The first-order chi connectivity index (χ1) is 11.0. The van der Waals surface area contributed by atoms with Crippen molar-refractivity contribution in [2.45, 2.75) is 27.7 Å². The predicted molar refractivity (Wildman–Crippen MR) is 96.7 cm³/mol. The van der Waals surface area contributed by atoms with Crippen molar-refractivity contribution in [2.75, 3.05) is 5.32 Å². The summed E-state index contributed by atoms with van der Waals surface area (Å²) in [5.74, 6) is 0.814. The summed E-state index contributed by atoms with van der Waals surface area (Å²) in [6.07, 6.45) is 2.59. The molecule has 0 saturated carbocycles. The molecule has 1 N–H and O–H groups in total. The van der Waals surface area contributed by atoms with Crippen molar-refractivity contribution in [1.29, 1.82) is 0 Å². The zero-order valence-electron chi connectivity index (χ0n) is 13.5. The van der Waals surface area contributed by atoms with Gasteiger partial charge in [0, 0.05) is 11.6 Å². The average Bonchev–Trinajstić information content (AvgIpc) is 3.08. The van der Waals surface area contributed by atoms with Gasteiger partial charge in [0.15, 0.2) is 5.13 Å². The standard InChI is InChI=1S/C14H14N4S2.C2H4O/c1-8-4-5-12(15-6-8)18-14-17-11(7-19-14)13-9(2)16-10(3)20-13;1-2-3/h4-7H,1-3H3,(H,15,17,18);2H,1H3. The highest BCUT2D eigenvalue weighted by Gasteiger charge is 2.11. The molecule has 0 fully saturated rings. The summed E-state index contributed by atoms with van der Waals surface area (Å²) in [6.45, 7) is 7.50. The number of nitrogens with one attached hydrogen (secondary N) is 1. The molecule has 0 saturated heterocycles. The van der Waals surface area contributed by atoms with Crippen LogP contribution in [0.4, 0.5) is 10.9 Å². The quantitative estimate of drug-likeness (QED) is 0.705. The first kappa shape index (κ1) is 17.2. The zero-order valence-corrected chi connectivity index (χ0v) is 15.1. The topological polar surface area (TPSA) is 67.8 Å². The molecule has 5 nitrogen and oxygen atoms in total. The largest absolute Gasteiger partial charge is 0.316 e. The van der Waals surface area contributed by atoms with Crippen LogP contribution in [0.2, 0.25) is 0 Å². The van der Waals surface area contributed by atoms with Crippen molar-refractivity contribution in [3.63, 3.8) is 0 Å². The Labute approximate surface area is 143 Å². The lowest BCUT2D eigenvalue weighted by atomic mass is 10.3. The lowest BCUT2D eigenvalue weighted by Crippen LogP contribution is -1.92. The molecule has 3 rings (SSSR count). The van der Waals surface area contributed by atoms with Gasteiger partial charge in [-0.05, 0) is 39.3 Å². The number of hydrogen-bond acceptors (Lipinski definition) is 7. The summed E-state index contributed by atoms with van der Waals surface area (Å²) in [6, 6.07) is 3.99. The fourth-order valence-corrected chi connectivity index (χ4v) is 3.52. The average molecular weight is 346 g/mol. The van der Waals surface area contributed by atoms with Crippen LogP contribution in [0.1, 0.15) is 23.2 Å². The van der Waals surface area contributed by atoms with Crippen LogP contribution in [0.25, 0.3) is 10.6 Å². The maximum absolute atomic E-state index is 8.81. The van der Waals surface area contributed by atoms with Gasteiger partial charge in [0.05, 0.1) is 21.3 Å². The van der Waals surface area contributed by atoms with Gasteiger partial charge in [0.1, 0.15) is 12.1 Å². The van der Waals surface area contributed by atoms with Crippen LogP contribution >= 0.6 is 22.7 Å². The van der Waals surface area contributed by atoms with Gasteiger partial charge in [-0.25, -0.2) is 15.0 Å². The van der Waals surface area contributed by atoms with E-state index in [0.717, 1.165) is 44.1 Å². The van der Waals surface area contributed by atoms with Gasteiger partial charge in [0.2, 0.25) is 0 Å². The number of pyridine rings is 1. The third-order valence-electron chi connectivity index (χ3n) is 2.79. The summed E-state index contributed by atoms with van der Waals surface area (Å²) in [5, 5.41) is 7.20. The highest BCUT2D eigenvalue weighted by Crippen LogP contribution is 2.32. The molecule has 3 aromatic rings. The Balaban J connectivity index is 0.000000595. The van der Waals surface area contributed by atoms with Crippen LogP contribution in [-0.2, 0) is 4.79 Å². The summed E-state index contributed by atoms with van der Waals surface area (Å²) < 4.78 is 0. The van der Waals surface area contributed by atoms with E-state index in [1.54, 1.807) is 22.7 Å². The fourth-order valence-electron chi connectivity index (χ4n) is 1.86. The van der Waals surface area contributed by atoms with E-state index in [1.807, 2.05) is 39.1 Å². The third kappa shape index (κ3) is 4.67. The number of carbonyl (C=O) groups excluding carboxylic acids is 1. The normalized spacial score (nSPS) is 9.91. The third-order valence-corrected chi connectivity index (χ3v) is 4.64. The Morgan fingerprint density at radius 3 is 2.48 bits per heavy atom. The molecule has 7 heteroatoms. The smallest absolute Gasteiger partial charge is 0.188 e. The van der Waals surface area contributed by atoms with E-state index in [2.05, 4.69) is 25.6 Å². The zero-order chi connectivity index (χ0) is 16.8. The van der Waals surface area contributed by atoms with Crippen LogP contribution in [0.3, 0.4) is 0 Å². The van der Waals surface area contributed by atoms with E-state index in [-0.39, 0.29) is 0 Å². The molecule has 3 heterocycles. The number of rotatable bonds is 3. The Bertz CT molecular complexity index is 778. The van der Waals surface area contributed by atoms with Gasteiger partial charge in [0.25, 0.3) is 0 Å². The van der Waals surface area contributed by atoms with E-state index < -0.39 is 0 Å². The van der Waals surface area contributed by atoms with E-state index >= 15 is 0 Å². The maximum atomic E-state index is 8.81. The molecule has 23 heavy (non-hydrogen) atoms. The van der Waals surface area contributed by atoms with Crippen molar-refractivity contribution in [2.24, 2.45) is 0 Å². The molecule has 0 aliphatic heterocycles. The molecule has 0 spiro atoms. The number of aldehydes is 1. The highest BCUT2D eigenvalue weighted by molar-refractivity contribution is 7.16. The number of anilines is 2. The van der Waals surface area contributed by atoms with E-state index in [9.17, 15) is 0 Å². The Hall–Kier alpha value is -2.12. The van der Waals surface area contributed by atoms with Gasteiger partial charge < -0.3 is 10.1 Å². The summed E-state index contributed by atoms with van der Waals surface area (Å²) in [5.41, 5.74) is 3.16. The molecular formula is C16H18N4OS2. The number of hydrogen-bond donors (Lipinski definition) is 1. The number of aromatic nitrogens is 3. The predicted octanol–water partition coefficient (Wildman–Crippen LogP) is 4.54. The van der Waals surface area contributed by atoms with E-state index in [4.69, 9.17) is 4.79 Å². The number of nitrogens with zero attached hydrogens (tertiary/aromatic N) is 3. The molecule has 0 aliphatic carbocycles. The van der Waals surface area contributed by atoms with Crippen molar-refractivity contribution >= 4 is 39.9 Å². The first-order valence-electron chi connectivity index (χ1n) is 7.03. The molecule has 0 radical (unpaired) electrons. The fraction of sp³-hybridized carbons (Fsp3) is 0.250. The summed E-state index contributed by atoms with van der Waals surface area (Å²) in [7, 11) is 0. The molecular weight excluding hydrogens is 328 g/mol. The summed E-state index contributed by atoms with van der Waals surface area (Å²) >= 11 is 3.26. The minimum absolute atomic E-state index is 0.750. The number of thiazole rings is 2. The molecule has 0 bridgehead atoms. The van der Waals surface area contributed by atoms with Crippen LogP contribution < -0.4 is 5.32 Å². The van der Waals surface area contributed by atoms with E-state index in [1.165, 1.54) is 6.92 Å². The van der Waals surface area contributed by atoms with Crippen molar-refractivity contribution in [1.82, 2.24) is 15.0 Å². The molecule has 0 atom stereocenters. The van der Waals surface area contributed by atoms with Gasteiger partial charge in [-0.3, -0.25) is 0 Å². The van der Waals surface area contributed by atoms with Crippen molar-refractivity contribution in [3.05, 3.63) is 40.0 Å². The second kappa shape index (κ2) is 7.94. The Morgan fingerprint density at radius 1 is 1.17 bits per heavy atom. The van der Waals surface area contributed by atoms with Crippen LogP contribution in [0, 0.1) is 20.8 Å². The maximum Gasteiger partial charge on any atom is 0.188 e. The number of aryl methyl sites for hydroxylation is 3. The second-order valence-electron chi connectivity index (χ2n) is 4.77. The van der Waals surface area contributed by atoms with Crippen LogP contribution in [0.5, 0.6) is 0 Å². The minimum Gasteiger partial charge on any atom is -0.316 e. The Morgan fingerprint density at radius 2 is 1.91 bits per heavy atom. The lowest BCUT2D eigenvalue weighted by Gasteiger charge is -2.01. The Kier molecular flexibility index (Phi) is 5.95. The second-order valence-corrected chi connectivity index (χ2v) is 6.83. The number of carbonyl (C=O) groups is 1. The minimum atomic E-state index is 0.750. The van der Waals surface area contributed by atoms with Gasteiger partial charge in [-0.15, -0.1) is 22.7 Å². The molecule has 3 aromatic heterocycles. The van der Waals surface area contributed by atoms with Gasteiger partial charge in [-0.1, -0.05) is 6.07 Å². The van der Waals surface area contributed by atoms with Crippen molar-refractivity contribution in [3.8, 4) is 10.6 Å². The monoisotopic (exact) mass is 346 g/mol. The first-order valence-corrected chi connectivity index (χ1v) is 8.72. The molecule has 0 unspecified atom stereocenters. The molecule has 0 aromatic carbocycles. The van der Waals surface area contributed by atoms with Crippen LogP contribution in [-0.4, -0.2) is 21.2 Å².